The monoisotopic (exact) mass is 253 g/mol. The lowest BCUT2D eigenvalue weighted by molar-refractivity contribution is -0.118. The lowest BCUT2D eigenvalue weighted by Gasteiger charge is -2.07. The second-order valence-corrected chi connectivity index (χ2v) is 5.68. The van der Waals surface area contributed by atoms with Gasteiger partial charge in [0.05, 0.1) is 12.4 Å². The van der Waals surface area contributed by atoms with Gasteiger partial charge < -0.3 is 10.4 Å². The molecule has 0 aliphatic heterocycles. The molecule has 0 bridgehead atoms. The Morgan fingerprint density at radius 1 is 1.29 bits per heavy atom. The van der Waals surface area contributed by atoms with E-state index in [4.69, 9.17) is 5.11 Å². The van der Waals surface area contributed by atoms with E-state index in [0.29, 0.717) is 17.5 Å². The molecule has 0 aromatic heterocycles. The Morgan fingerprint density at radius 2 is 1.88 bits per heavy atom. The summed E-state index contributed by atoms with van der Waals surface area (Å²) < 4.78 is 0. The molecule has 1 aromatic rings. The van der Waals surface area contributed by atoms with Gasteiger partial charge in [0.15, 0.2) is 0 Å². The number of carbonyl (C=O) groups is 1. The fourth-order valence-electron chi connectivity index (χ4n) is 1.26. The summed E-state index contributed by atoms with van der Waals surface area (Å²) in [6.07, 6.45) is 0. The molecule has 1 rings (SSSR count). The smallest absolute Gasteiger partial charge is 0.230 e. The summed E-state index contributed by atoms with van der Waals surface area (Å²) in [6.45, 7) is 4.75. The van der Waals surface area contributed by atoms with E-state index < -0.39 is 0 Å². The minimum atomic E-state index is 0.0532. The van der Waals surface area contributed by atoms with Crippen LogP contribution in [0.1, 0.15) is 25.0 Å². The zero-order valence-electron chi connectivity index (χ0n) is 10.3. The summed E-state index contributed by atoms with van der Waals surface area (Å²) in [4.78, 5) is 11.5. The Morgan fingerprint density at radius 3 is 2.41 bits per heavy atom. The maximum Gasteiger partial charge on any atom is 0.230 e. The number of thioether (sulfide) groups is 1. The zero-order valence-corrected chi connectivity index (χ0v) is 11.1. The summed E-state index contributed by atoms with van der Waals surface area (Å²) in [5.74, 6) is 0.571. The molecule has 0 unspecified atom stereocenters. The highest BCUT2D eigenvalue weighted by Gasteiger charge is 2.03. The van der Waals surface area contributed by atoms with E-state index in [-0.39, 0.29) is 12.5 Å². The van der Waals surface area contributed by atoms with Crippen LogP contribution in [0.4, 0.5) is 0 Å². The van der Waals surface area contributed by atoms with Crippen LogP contribution >= 0.6 is 11.8 Å². The molecule has 0 atom stereocenters. The minimum Gasteiger partial charge on any atom is -0.392 e. The first kappa shape index (κ1) is 14.1. The number of carbonyl (C=O) groups excluding carboxylic acids is 1. The number of amides is 1. The lowest BCUT2D eigenvalue weighted by Crippen LogP contribution is -2.25. The first-order chi connectivity index (χ1) is 8.11. The maximum atomic E-state index is 11.5. The molecule has 1 aromatic carbocycles. The van der Waals surface area contributed by atoms with Crippen LogP contribution in [0.25, 0.3) is 0 Å². The molecule has 4 heteroatoms. The van der Waals surface area contributed by atoms with Crippen molar-refractivity contribution in [1.82, 2.24) is 5.32 Å². The third-order valence-corrected chi connectivity index (χ3v) is 3.34. The van der Waals surface area contributed by atoms with Gasteiger partial charge in [-0.2, -0.15) is 0 Å². The molecule has 0 saturated heterocycles. The van der Waals surface area contributed by atoms with Crippen molar-refractivity contribution in [2.45, 2.75) is 32.2 Å². The van der Waals surface area contributed by atoms with Crippen molar-refractivity contribution in [3.05, 3.63) is 35.4 Å². The SMILES string of the molecule is CC(C)SCC(=O)NCc1ccc(CO)cc1. The van der Waals surface area contributed by atoms with Crippen molar-refractivity contribution in [2.24, 2.45) is 0 Å². The molecule has 0 fully saturated rings. The van der Waals surface area contributed by atoms with Crippen LogP contribution in [0, 0.1) is 0 Å². The molecule has 0 aliphatic rings. The molecule has 0 saturated carbocycles. The average molecular weight is 253 g/mol. The van der Waals surface area contributed by atoms with Crippen LogP contribution in [0.15, 0.2) is 24.3 Å². The predicted molar refractivity (Wildman–Crippen MR) is 71.8 cm³/mol. The minimum absolute atomic E-state index is 0.0532. The molecule has 17 heavy (non-hydrogen) atoms. The Labute approximate surface area is 107 Å². The number of rotatable bonds is 6. The van der Waals surface area contributed by atoms with Gasteiger partial charge in [-0.3, -0.25) is 4.79 Å². The molecule has 3 nitrogen and oxygen atoms in total. The van der Waals surface area contributed by atoms with E-state index in [1.807, 2.05) is 24.3 Å². The largest absolute Gasteiger partial charge is 0.392 e. The highest BCUT2D eigenvalue weighted by atomic mass is 32.2. The van der Waals surface area contributed by atoms with E-state index in [9.17, 15) is 4.79 Å². The van der Waals surface area contributed by atoms with Crippen molar-refractivity contribution in [3.63, 3.8) is 0 Å². The van der Waals surface area contributed by atoms with E-state index in [1.54, 1.807) is 11.8 Å². The summed E-state index contributed by atoms with van der Waals surface area (Å²) in [6, 6.07) is 7.57. The highest BCUT2D eigenvalue weighted by Crippen LogP contribution is 2.08. The quantitative estimate of drug-likeness (QED) is 0.814. The Balaban J connectivity index is 2.31. The molecular weight excluding hydrogens is 234 g/mol. The molecule has 0 radical (unpaired) electrons. The average Bonchev–Trinajstić information content (AvgIpc) is 2.34. The van der Waals surface area contributed by atoms with Crippen LogP contribution in [-0.2, 0) is 17.9 Å². The van der Waals surface area contributed by atoms with Crippen LogP contribution in [0.5, 0.6) is 0 Å². The molecule has 2 N–H and O–H groups in total. The lowest BCUT2D eigenvalue weighted by atomic mass is 10.1. The number of aliphatic hydroxyl groups is 1. The van der Waals surface area contributed by atoms with Gasteiger partial charge in [0.25, 0.3) is 0 Å². The Bertz CT molecular complexity index is 349. The second kappa shape index (κ2) is 7.35. The fraction of sp³-hybridized carbons (Fsp3) is 0.462. The van der Waals surface area contributed by atoms with Crippen molar-refractivity contribution in [2.75, 3.05) is 5.75 Å². The van der Waals surface area contributed by atoms with Gasteiger partial charge >= 0.3 is 0 Å². The number of nitrogens with one attached hydrogen (secondary N) is 1. The van der Waals surface area contributed by atoms with E-state index >= 15 is 0 Å². The third kappa shape index (κ3) is 5.75. The Kier molecular flexibility index (Phi) is 6.08. The maximum absolute atomic E-state index is 11.5. The molecule has 0 spiro atoms. The molecule has 94 valence electrons. The summed E-state index contributed by atoms with van der Waals surface area (Å²) in [5.41, 5.74) is 1.93. The van der Waals surface area contributed by atoms with Crippen LogP contribution < -0.4 is 5.32 Å². The van der Waals surface area contributed by atoms with Gasteiger partial charge in [-0.25, -0.2) is 0 Å². The van der Waals surface area contributed by atoms with Gasteiger partial charge in [0, 0.05) is 6.54 Å². The molecular formula is C13H19NO2S. The molecule has 1 amide bonds. The third-order valence-electron chi connectivity index (χ3n) is 2.24. The number of hydrogen-bond donors (Lipinski definition) is 2. The predicted octanol–water partition coefficient (Wildman–Crippen LogP) is 1.94. The first-order valence-electron chi connectivity index (χ1n) is 5.69. The topological polar surface area (TPSA) is 49.3 Å². The van der Waals surface area contributed by atoms with Crippen molar-refractivity contribution >= 4 is 17.7 Å². The van der Waals surface area contributed by atoms with Crippen molar-refractivity contribution < 1.29 is 9.90 Å². The van der Waals surface area contributed by atoms with Gasteiger partial charge in [-0.05, 0) is 16.4 Å². The van der Waals surface area contributed by atoms with Crippen molar-refractivity contribution in [3.8, 4) is 0 Å². The van der Waals surface area contributed by atoms with Crippen molar-refractivity contribution in [1.29, 1.82) is 0 Å². The number of benzene rings is 1. The number of aliphatic hydroxyl groups excluding tert-OH is 1. The standard InChI is InChI=1S/C13H19NO2S/c1-10(2)17-9-13(16)14-7-11-3-5-12(8-15)6-4-11/h3-6,10,15H,7-9H2,1-2H3,(H,14,16). The van der Waals surface area contributed by atoms with Crippen LogP contribution in [0.2, 0.25) is 0 Å². The van der Waals surface area contributed by atoms with Gasteiger partial charge in [-0.15, -0.1) is 11.8 Å². The summed E-state index contributed by atoms with van der Waals surface area (Å²) >= 11 is 1.64. The summed E-state index contributed by atoms with van der Waals surface area (Å²) in [5, 5.41) is 12.2. The first-order valence-corrected chi connectivity index (χ1v) is 6.73. The fourth-order valence-corrected chi connectivity index (χ4v) is 1.84. The van der Waals surface area contributed by atoms with Gasteiger partial charge in [-0.1, -0.05) is 38.1 Å². The second-order valence-electron chi connectivity index (χ2n) is 4.11. The van der Waals surface area contributed by atoms with Crippen LogP contribution in [-0.4, -0.2) is 22.0 Å². The molecule has 0 aliphatic carbocycles. The van der Waals surface area contributed by atoms with E-state index in [0.717, 1.165) is 11.1 Å². The van der Waals surface area contributed by atoms with Gasteiger partial charge in [0.1, 0.15) is 0 Å². The normalized spacial score (nSPS) is 10.6. The molecule has 0 heterocycles. The highest BCUT2D eigenvalue weighted by molar-refractivity contribution is 8.00. The summed E-state index contributed by atoms with van der Waals surface area (Å²) in [7, 11) is 0. The number of hydrogen-bond acceptors (Lipinski definition) is 3. The van der Waals surface area contributed by atoms with E-state index in [1.165, 1.54) is 0 Å². The van der Waals surface area contributed by atoms with Gasteiger partial charge in [0.2, 0.25) is 5.91 Å². The van der Waals surface area contributed by atoms with Crippen LogP contribution in [0.3, 0.4) is 0 Å². The zero-order chi connectivity index (χ0) is 12.7. The Hall–Kier alpha value is -1.00. The van der Waals surface area contributed by atoms with E-state index in [2.05, 4.69) is 19.2 Å².